The number of carbonyl (C=O) groups excluding carboxylic acids is 1. The van der Waals surface area contributed by atoms with E-state index in [1.165, 1.54) is 6.07 Å². The van der Waals surface area contributed by atoms with Gasteiger partial charge >= 0.3 is 0 Å². The quantitative estimate of drug-likeness (QED) is 0.877. The van der Waals surface area contributed by atoms with E-state index >= 15 is 0 Å². The summed E-state index contributed by atoms with van der Waals surface area (Å²) in [5.41, 5.74) is 6.79. The molecule has 3 N–H and O–H groups in total. The summed E-state index contributed by atoms with van der Waals surface area (Å²) in [4.78, 5) is 13.8. The second-order valence-electron chi connectivity index (χ2n) is 6.68. The van der Waals surface area contributed by atoms with E-state index in [0.29, 0.717) is 0 Å². The van der Waals surface area contributed by atoms with E-state index in [-0.39, 0.29) is 23.7 Å². The first kappa shape index (κ1) is 15.8. The fourth-order valence-corrected chi connectivity index (χ4v) is 4.68. The molecular weight excluding hydrogens is 299 g/mol. The highest BCUT2D eigenvalue weighted by atomic mass is 32.2. The molecule has 120 valence electrons. The summed E-state index contributed by atoms with van der Waals surface area (Å²) in [6, 6.07) is 4.74. The smallest absolute Gasteiger partial charge is 0.225 e. The van der Waals surface area contributed by atoms with Gasteiger partial charge in [-0.05, 0) is 49.9 Å². The first-order valence-electron chi connectivity index (χ1n) is 7.99. The predicted octanol–water partition coefficient (Wildman–Crippen LogP) is 3.39. The SMILES string of the molecule is CC1(N)CCCCC1C(=O)NC1CCSc2ccc(F)cc21. The van der Waals surface area contributed by atoms with Crippen molar-refractivity contribution in [2.75, 3.05) is 5.75 Å². The number of hydrogen-bond donors (Lipinski definition) is 2. The Kier molecular flexibility index (Phi) is 4.46. The van der Waals surface area contributed by atoms with Crippen LogP contribution in [0.5, 0.6) is 0 Å². The van der Waals surface area contributed by atoms with Gasteiger partial charge in [-0.3, -0.25) is 4.79 Å². The van der Waals surface area contributed by atoms with E-state index in [0.717, 1.165) is 48.3 Å². The number of nitrogens with two attached hydrogens (primary N) is 1. The Labute approximate surface area is 135 Å². The van der Waals surface area contributed by atoms with Crippen LogP contribution in [0.2, 0.25) is 0 Å². The number of thioether (sulfide) groups is 1. The monoisotopic (exact) mass is 322 g/mol. The lowest BCUT2D eigenvalue weighted by Crippen LogP contribution is -2.53. The average Bonchev–Trinajstić information content (AvgIpc) is 2.47. The zero-order valence-electron chi connectivity index (χ0n) is 12.9. The maximum Gasteiger partial charge on any atom is 0.225 e. The van der Waals surface area contributed by atoms with Gasteiger partial charge in [0.2, 0.25) is 5.91 Å². The second-order valence-corrected chi connectivity index (χ2v) is 7.82. The molecule has 1 aliphatic heterocycles. The van der Waals surface area contributed by atoms with Gasteiger partial charge in [-0.25, -0.2) is 4.39 Å². The number of hydrogen-bond acceptors (Lipinski definition) is 3. The summed E-state index contributed by atoms with van der Waals surface area (Å²) in [6.45, 7) is 1.97. The van der Waals surface area contributed by atoms with Gasteiger partial charge in [-0.1, -0.05) is 12.8 Å². The third-order valence-corrected chi connectivity index (χ3v) is 6.02. The molecule has 3 rings (SSSR count). The van der Waals surface area contributed by atoms with Crippen LogP contribution in [0.3, 0.4) is 0 Å². The molecule has 5 heteroatoms. The number of halogens is 1. The molecule has 0 spiro atoms. The number of benzene rings is 1. The number of amides is 1. The van der Waals surface area contributed by atoms with Gasteiger partial charge in [-0.2, -0.15) is 0 Å². The highest BCUT2D eigenvalue weighted by Crippen LogP contribution is 2.38. The summed E-state index contributed by atoms with van der Waals surface area (Å²) < 4.78 is 13.5. The molecule has 1 aliphatic carbocycles. The van der Waals surface area contributed by atoms with Crippen molar-refractivity contribution < 1.29 is 9.18 Å². The van der Waals surface area contributed by atoms with Crippen molar-refractivity contribution in [2.45, 2.75) is 55.5 Å². The number of nitrogens with one attached hydrogen (secondary N) is 1. The Balaban J connectivity index is 1.77. The van der Waals surface area contributed by atoms with Crippen molar-refractivity contribution in [2.24, 2.45) is 11.7 Å². The molecule has 3 atom stereocenters. The van der Waals surface area contributed by atoms with E-state index in [4.69, 9.17) is 5.73 Å². The van der Waals surface area contributed by atoms with Gasteiger partial charge in [0.15, 0.2) is 0 Å². The van der Waals surface area contributed by atoms with Crippen LogP contribution in [0.1, 0.15) is 50.6 Å². The molecular formula is C17H23FN2OS. The van der Waals surface area contributed by atoms with E-state index in [9.17, 15) is 9.18 Å². The van der Waals surface area contributed by atoms with Crippen LogP contribution in [0.25, 0.3) is 0 Å². The van der Waals surface area contributed by atoms with Crippen molar-refractivity contribution in [3.05, 3.63) is 29.6 Å². The molecule has 1 aromatic rings. The molecule has 2 aliphatic rings. The second kappa shape index (κ2) is 6.20. The van der Waals surface area contributed by atoms with Gasteiger partial charge in [0.05, 0.1) is 12.0 Å². The largest absolute Gasteiger partial charge is 0.349 e. The molecule has 0 aromatic heterocycles. The molecule has 0 radical (unpaired) electrons. The zero-order valence-corrected chi connectivity index (χ0v) is 13.7. The zero-order chi connectivity index (χ0) is 15.7. The standard InChI is InChI=1S/C17H23FN2OS/c1-17(19)8-3-2-4-13(17)16(21)20-14-7-9-22-15-6-5-11(18)10-12(14)15/h5-6,10,13-14H,2-4,7-9,19H2,1H3,(H,20,21). The van der Waals surface area contributed by atoms with E-state index < -0.39 is 5.54 Å². The Morgan fingerprint density at radius 2 is 2.23 bits per heavy atom. The Morgan fingerprint density at radius 3 is 3.00 bits per heavy atom. The minimum atomic E-state index is -0.434. The fourth-order valence-electron chi connectivity index (χ4n) is 3.58. The van der Waals surface area contributed by atoms with Crippen molar-refractivity contribution in [3.63, 3.8) is 0 Å². The normalized spacial score (nSPS) is 31.4. The van der Waals surface area contributed by atoms with Gasteiger partial charge in [-0.15, -0.1) is 11.8 Å². The molecule has 3 unspecified atom stereocenters. The van der Waals surface area contributed by atoms with Gasteiger partial charge < -0.3 is 11.1 Å². The molecule has 1 fully saturated rings. The number of carbonyl (C=O) groups is 1. The lowest BCUT2D eigenvalue weighted by molar-refractivity contribution is -0.129. The molecule has 0 saturated heterocycles. The third-order valence-electron chi connectivity index (χ3n) is 4.90. The van der Waals surface area contributed by atoms with Gasteiger partial charge in [0.25, 0.3) is 0 Å². The fraction of sp³-hybridized carbons (Fsp3) is 0.588. The number of rotatable bonds is 2. The maximum absolute atomic E-state index is 13.5. The van der Waals surface area contributed by atoms with Crippen molar-refractivity contribution >= 4 is 17.7 Å². The summed E-state index contributed by atoms with van der Waals surface area (Å²) >= 11 is 1.72. The first-order valence-corrected chi connectivity index (χ1v) is 8.97. The Bertz CT molecular complexity index is 576. The highest BCUT2D eigenvalue weighted by Gasteiger charge is 2.38. The predicted molar refractivity (Wildman–Crippen MR) is 87.2 cm³/mol. The molecule has 3 nitrogen and oxygen atoms in total. The van der Waals surface area contributed by atoms with E-state index in [1.807, 2.05) is 6.92 Å². The lowest BCUT2D eigenvalue weighted by Gasteiger charge is -2.38. The van der Waals surface area contributed by atoms with Crippen LogP contribution in [0.15, 0.2) is 23.1 Å². The average molecular weight is 322 g/mol. The minimum Gasteiger partial charge on any atom is -0.349 e. The van der Waals surface area contributed by atoms with Crippen molar-refractivity contribution in [3.8, 4) is 0 Å². The van der Waals surface area contributed by atoms with Crippen LogP contribution in [0, 0.1) is 11.7 Å². The topological polar surface area (TPSA) is 55.1 Å². The third kappa shape index (κ3) is 3.15. The highest BCUT2D eigenvalue weighted by molar-refractivity contribution is 7.99. The Morgan fingerprint density at radius 1 is 1.41 bits per heavy atom. The molecule has 1 amide bonds. The maximum atomic E-state index is 13.5. The van der Waals surface area contributed by atoms with Crippen LogP contribution in [-0.2, 0) is 4.79 Å². The molecule has 1 saturated carbocycles. The van der Waals surface area contributed by atoms with Crippen molar-refractivity contribution in [1.29, 1.82) is 0 Å². The molecule has 1 aromatic carbocycles. The Hall–Kier alpha value is -1.07. The summed E-state index contributed by atoms with van der Waals surface area (Å²) in [5.74, 6) is 0.570. The lowest BCUT2D eigenvalue weighted by atomic mass is 9.74. The summed E-state index contributed by atoms with van der Waals surface area (Å²) in [7, 11) is 0. The molecule has 0 bridgehead atoms. The molecule has 22 heavy (non-hydrogen) atoms. The van der Waals surface area contributed by atoms with E-state index in [2.05, 4.69) is 5.32 Å². The van der Waals surface area contributed by atoms with Crippen LogP contribution < -0.4 is 11.1 Å². The van der Waals surface area contributed by atoms with Gasteiger partial charge in [0, 0.05) is 16.2 Å². The minimum absolute atomic E-state index is 0.0248. The molecule has 1 heterocycles. The van der Waals surface area contributed by atoms with Crippen LogP contribution in [0.4, 0.5) is 4.39 Å². The van der Waals surface area contributed by atoms with Gasteiger partial charge in [0.1, 0.15) is 5.82 Å². The summed E-state index contributed by atoms with van der Waals surface area (Å²) in [6.07, 6.45) is 4.70. The number of fused-ring (bicyclic) bond motifs is 1. The van der Waals surface area contributed by atoms with Crippen LogP contribution >= 0.6 is 11.8 Å². The van der Waals surface area contributed by atoms with E-state index in [1.54, 1.807) is 23.9 Å². The first-order chi connectivity index (χ1) is 10.5. The van der Waals surface area contributed by atoms with Crippen LogP contribution in [-0.4, -0.2) is 17.2 Å². The summed E-state index contributed by atoms with van der Waals surface area (Å²) in [5, 5.41) is 3.13. The van der Waals surface area contributed by atoms with Crippen molar-refractivity contribution in [1.82, 2.24) is 5.32 Å².